The van der Waals surface area contributed by atoms with Crippen LogP contribution < -0.4 is 10.6 Å². The Balaban J connectivity index is 1.36. The van der Waals surface area contributed by atoms with E-state index in [-0.39, 0.29) is 11.6 Å². The van der Waals surface area contributed by atoms with E-state index in [1.165, 1.54) is 23.3 Å². The van der Waals surface area contributed by atoms with Crippen molar-refractivity contribution in [3.05, 3.63) is 70.8 Å². The van der Waals surface area contributed by atoms with Crippen LogP contribution in [0, 0.1) is 0 Å². The van der Waals surface area contributed by atoms with Crippen molar-refractivity contribution >= 4 is 12.0 Å². The minimum absolute atomic E-state index is 0.218. The van der Waals surface area contributed by atoms with Gasteiger partial charge in [-0.1, -0.05) is 36.4 Å². The molecule has 1 aliphatic heterocycles. The molecule has 0 radical (unpaired) electrons. The lowest BCUT2D eigenvalue weighted by Crippen LogP contribution is -2.41. The van der Waals surface area contributed by atoms with Crippen LogP contribution in [0.2, 0.25) is 0 Å². The topological polar surface area (TPSA) is 81.7 Å². The summed E-state index contributed by atoms with van der Waals surface area (Å²) < 4.78 is 0. The van der Waals surface area contributed by atoms with E-state index in [1.54, 1.807) is 12.1 Å². The lowest BCUT2D eigenvalue weighted by molar-refractivity contribution is 0.0697. The third kappa shape index (κ3) is 4.83. The fourth-order valence-electron chi connectivity index (χ4n) is 3.08. The number of fused-ring (bicyclic) bond motifs is 1. The Morgan fingerprint density at radius 1 is 1.00 bits per heavy atom. The molecule has 136 valence electrons. The Hall–Kier alpha value is -2.86. The van der Waals surface area contributed by atoms with Gasteiger partial charge in [0.05, 0.1) is 5.56 Å². The van der Waals surface area contributed by atoms with E-state index in [0.29, 0.717) is 13.1 Å². The van der Waals surface area contributed by atoms with Crippen LogP contribution in [0.25, 0.3) is 0 Å². The molecule has 3 N–H and O–H groups in total. The molecular formula is C20H23N3O3. The molecule has 1 aliphatic rings. The molecule has 0 aromatic heterocycles. The molecular weight excluding hydrogens is 330 g/mol. The molecule has 3 rings (SSSR count). The SMILES string of the molecule is O=C(NCCN1CCc2ccccc2C1)NCc1ccc(C(=O)O)cc1. The van der Waals surface area contributed by atoms with Crippen molar-refractivity contribution in [1.29, 1.82) is 0 Å². The number of nitrogens with one attached hydrogen (secondary N) is 2. The van der Waals surface area contributed by atoms with Crippen molar-refractivity contribution in [2.45, 2.75) is 19.5 Å². The van der Waals surface area contributed by atoms with Gasteiger partial charge < -0.3 is 15.7 Å². The third-order valence-corrected chi connectivity index (χ3v) is 4.58. The highest BCUT2D eigenvalue weighted by Crippen LogP contribution is 2.17. The Bertz CT molecular complexity index is 774. The van der Waals surface area contributed by atoms with Gasteiger partial charge in [0.2, 0.25) is 0 Å². The number of aromatic carboxylic acids is 1. The first kappa shape index (κ1) is 17.9. The summed E-state index contributed by atoms with van der Waals surface area (Å²) in [4.78, 5) is 25.0. The van der Waals surface area contributed by atoms with Gasteiger partial charge in [0.1, 0.15) is 0 Å². The standard InChI is InChI=1S/C20H23N3O3/c24-19(25)17-7-5-15(6-8-17)13-22-20(26)21-10-12-23-11-9-16-3-1-2-4-18(16)14-23/h1-8H,9-14H2,(H,24,25)(H2,21,22,26). The van der Waals surface area contributed by atoms with E-state index >= 15 is 0 Å². The van der Waals surface area contributed by atoms with Crippen LogP contribution in [-0.2, 0) is 19.5 Å². The Morgan fingerprint density at radius 2 is 1.73 bits per heavy atom. The van der Waals surface area contributed by atoms with E-state index < -0.39 is 5.97 Å². The number of carboxylic acids is 1. The summed E-state index contributed by atoms with van der Waals surface area (Å²) in [5.41, 5.74) is 3.88. The fraction of sp³-hybridized carbons (Fsp3) is 0.300. The van der Waals surface area contributed by atoms with Crippen molar-refractivity contribution in [2.24, 2.45) is 0 Å². The number of amides is 2. The molecule has 0 atom stereocenters. The maximum absolute atomic E-state index is 11.9. The summed E-state index contributed by atoms with van der Waals surface area (Å²) in [7, 11) is 0. The van der Waals surface area contributed by atoms with Crippen LogP contribution >= 0.6 is 0 Å². The summed E-state index contributed by atoms with van der Waals surface area (Å²) in [5.74, 6) is -0.956. The van der Waals surface area contributed by atoms with Crippen LogP contribution in [0.3, 0.4) is 0 Å². The second-order valence-corrected chi connectivity index (χ2v) is 6.41. The maximum Gasteiger partial charge on any atom is 0.335 e. The van der Waals surface area contributed by atoms with Gasteiger partial charge in [-0.25, -0.2) is 9.59 Å². The van der Waals surface area contributed by atoms with Gasteiger partial charge in [0.25, 0.3) is 0 Å². The second kappa shape index (κ2) is 8.49. The molecule has 0 unspecified atom stereocenters. The average molecular weight is 353 g/mol. The fourth-order valence-corrected chi connectivity index (χ4v) is 3.08. The number of carbonyl (C=O) groups is 2. The largest absolute Gasteiger partial charge is 0.478 e. The van der Waals surface area contributed by atoms with E-state index in [2.05, 4.69) is 39.8 Å². The summed E-state index contributed by atoms with van der Waals surface area (Å²) in [6.07, 6.45) is 1.05. The van der Waals surface area contributed by atoms with Crippen LogP contribution in [0.5, 0.6) is 0 Å². The molecule has 0 fully saturated rings. The van der Waals surface area contributed by atoms with Crippen LogP contribution in [0.15, 0.2) is 48.5 Å². The molecule has 2 aromatic rings. The van der Waals surface area contributed by atoms with Gasteiger partial charge in [-0.15, -0.1) is 0 Å². The van der Waals surface area contributed by atoms with Gasteiger partial charge in [-0.2, -0.15) is 0 Å². The molecule has 26 heavy (non-hydrogen) atoms. The van der Waals surface area contributed by atoms with Crippen LogP contribution in [-0.4, -0.2) is 41.6 Å². The zero-order chi connectivity index (χ0) is 18.4. The van der Waals surface area contributed by atoms with E-state index in [1.807, 2.05) is 0 Å². The summed E-state index contributed by atoms with van der Waals surface area (Å²) in [6.45, 7) is 3.70. The van der Waals surface area contributed by atoms with Crippen molar-refractivity contribution in [2.75, 3.05) is 19.6 Å². The van der Waals surface area contributed by atoms with Gasteiger partial charge in [-0.3, -0.25) is 4.90 Å². The number of rotatable bonds is 6. The molecule has 2 aromatic carbocycles. The molecule has 2 amide bonds. The lowest BCUT2D eigenvalue weighted by Gasteiger charge is -2.28. The monoisotopic (exact) mass is 353 g/mol. The van der Waals surface area contributed by atoms with Crippen molar-refractivity contribution < 1.29 is 14.7 Å². The Labute approximate surface area is 152 Å². The van der Waals surface area contributed by atoms with E-state index in [0.717, 1.165) is 31.6 Å². The van der Waals surface area contributed by atoms with Crippen molar-refractivity contribution in [3.8, 4) is 0 Å². The predicted molar refractivity (Wildman–Crippen MR) is 99.1 cm³/mol. The second-order valence-electron chi connectivity index (χ2n) is 6.41. The Morgan fingerprint density at radius 3 is 2.46 bits per heavy atom. The molecule has 0 saturated carbocycles. The van der Waals surface area contributed by atoms with Crippen LogP contribution in [0.1, 0.15) is 27.0 Å². The number of hydrogen-bond acceptors (Lipinski definition) is 3. The zero-order valence-electron chi connectivity index (χ0n) is 14.6. The molecule has 0 bridgehead atoms. The number of carbonyl (C=O) groups excluding carboxylic acids is 1. The molecule has 0 aliphatic carbocycles. The number of nitrogens with zero attached hydrogens (tertiary/aromatic N) is 1. The van der Waals surface area contributed by atoms with Crippen molar-refractivity contribution in [1.82, 2.24) is 15.5 Å². The van der Waals surface area contributed by atoms with Gasteiger partial charge in [0, 0.05) is 32.7 Å². The predicted octanol–water partition coefficient (Wildman–Crippen LogP) is 2.24. The first-order chi connectivity index (χ1) is 12.6. The smallest absolute Gasteiger partial charge is 0.335 e. The molecule has 0 saturated heterocycles. The van der Waals surface area contributed by atoms with Gasteiger partial charge >= 0.3 is 12.0 Å². The number of urea groups is 1. The normalized spacial score (nSPS) is 13.7. The number of carboxylic acid groups (broad SMARTS) is 1. The number of hydrogen-bond donors (Lipinski definition) is 3. The van der Waals surface area contributed by atoms with E-state index in [9.17, 15) is 9.59 Å². The van der Waals surface area contributed by atoms with E-state index in [4.69, 9.17) is 5.11 Å². The molecule has 0 spiro atoms. The van der Waals surface area contributed by atoms with Crippen LogP contribution in [0.4, 0.5) is 4.79 Å². The quantitative estimate of drug-likeness (QED) is 0.744. The number of benzene rings is 2. The highest BCUT2D eigenvalue weighted by atomic mass is 16.4. The molecule has 1 heterocycles. The zero-order valence-corrected chi connectivity index (χ0v) is 14.6. The third-order valence-electron chi connectivity index (χ3n) is 4.58. The first-order valence-corrected chi connectivity index (χ1v) is 8.75. The minimum atomic E-state index is -0.956. The molecule has 6 heteroatoms. The minimum Gasteiger partial charge on any atom is -0.478 e. The lowest BCUT2D eigenvalue weighted by atomic mass is 10.00. The van der Waals surface area contributed by atoms with Gasteiger partial charge in [-0.05, 0) is 35.2 Å². The first-order valence-electron chi connectivity index (χ1n) is 8.75. The van der Waals surface area contributed by atoms with Crippen molar-refractivity contribution in [3.63, 3.8) is 0 Å². The average Bonchev–Trinajstić information content (AvgIpc) is 2.66. The summed E-state index contributed by atoms with van der Waals surface area (Å²) >= 11 is 0. The summed E-state index contributed by atoms with van der Waals surface area (Å²) in [6, 6.07) is 14.7. The molecule has 6 nitrogen and oxygen atoms in total. The maximum atomic E-state index is 11.9. The van der Waals surface area contributed by atoms with Gasteiger partial charge in [0.15, 0.2) is 0 Å². The summed E-state index contributed by atoms with van der Waals surface area (Å²) in [5, 5.41) is 14.5. The highest BCUT2D eigenvalue weighted by molar-refractivity contribution is 5.87. The Kier molecular flexibility index (Phi) is 5.86. The highest BCUT2D eigenvalue weighted by Gasteiger charge is 2.15.